The summed E-state index contributed by atoms with van der Waals surface area (Å²) in [6, 6.07) is -0.407. The van der Waals surface area contributed by atoms with Crippen molar-refractivity contribution in [3.05, 3.63) is 0 Å². The van der Waals surface area contributed by atoms with Gasteiger partial charge in [0.1, 0.15) is 6.04 Å². The van der Waals surface area contributed by atoms with Gasteiger partial charge in [0.2, 0.25) is 5.91 Å². The number of hydrogen-bond donors (Lipinski definition) is 1. The normalized spacial score (nSPS) is 28.1. The summed E-state index contributed by atoms with van der Waals surface area (Å²) in [5.41, 5.74) is -0.253. The molecule has 0 bridgehead atoms. The molecule has 1 aliphatic heterocycles. The molecule has 2 fully saturated rings. The summed E-state index contributed by atoms with van der Waals surface area (Å²) in [6.45, 7) is 2.15. The minimum absolute atomic E-state index is 0.0538. The van der Waals surface area contributed by atoms with Gasteiger partial charge in [-0.25, -0.2) is 4.79 Å². The van der Waals surface area contributed by atoms with Crippen LogP contribution in [0.3, 0.4) is 0 Å². The van der Waals surface area contributed by atoms with Gasteiger partial charge in [0.15, 0.2) is 0 Å². The highest BCUT2D eigenvalue weighted by Gasteiger charge is 2.50. The van der Waals surface area contributed by atoms with E-state index in [1.54, 1.807) is 6.92 Å². The van der Waals surface area contributed by atoms with Crippen LogP contribution in [0.15, 0.2) is 0 Å². The zero-order chi connectivity index (χ0) is 10.9. The summed E-state index contributed by atoms with van der Waals surface area (Å²) in [7, 11) is 0. The number of amides is 1. The third kappa shape index (κ3) is 1.73. The van der Waals surface area contributed by atoms with Crippen LogP contribution in [-0.2, 0) is 14.3 Å². The second kappa shape index (κ2) is 3.83. The summed E-state index contributed by atoms with van der Waals surface area (Å²) in [6.07, 6.45) is 4.68. The SMILES string of the molecule is CCOC(=O)[C@@H]1CC2(CCCC2)C(=O)N1. The summed E-state index contributed by atoms with van der Waals surface area (Å²) in [5, 5.41) is 2.76. The van der Waals surface area contributed by atoms with Crippen molar-refractivity contribution < 1.29 is 14.3 Å². The number of carbonyl (C=O) groups excluding carboxylic acids is 2. The Morgan fingerprint density at radius 3 is 2.80 bits per heavy atom. The molecule has 1 saturated carbocycles. The van der Waals surface area contributed by atoms with E-state index >= 15 is 0 Å². The lowest BCUT2D eigenvalue weighted by molar-refractivity contribution is -0.145. The predicted molar refractivity (Wildman–Crippen MR) is 54.1 cm³/mol. The second-order valence-corrected chi connectivity index (χ2v) is 4.47. The fourth-order valence-electron chi connectivity index (χ4n) is 2.71. The van der Waals surface area contributed by atoms with Crippen molar-refractivity contribution in [2.45, 2.75) is 45.1 Å². The van der Waals surface area contributed by atoms with Gasteiger partial charge in [0.25, 0.3) is 0 Å². The first-order valence-corrected chi connectivity index (χ1v) is 5.65. The van der Waals surface area contributed by atoms with E-state index in [-0.39, 0.29) is 17.3 Å². The first-order valence-electron chi connectivity index (χ1n) is 5.65. The Hall–Kier alpha value is -1.06. The Morgan fingerprint density at radius 1 is 1.53 bits per heavy atom. The lowest BCUT2D eigenvalue weighted by atomic mass is 9.83. The molecular weight excluding hydrogens is 194 g/mol. The highest BCUT2D eigenvalue weighted by atomic mass is 16.5. The van der Waals surface area contributed by atoms with Gasteiger partial charge in [-0.05, 0) is 26.2 Å². The van der Waals surface area contributed by atoms with Crippen molar-refractivity contribution in [2.24, 2.45) is 5.41 Å². The minimum atomic E-state index is -0.407. The van der Waals surface area contributed by atoms with Gasteiger partial charge >= 0.3 is 5.97 Å². The van der Waals surface area contributed by atoms with Crippen LogP contribution in [0.1, 0.15) is 39.0 Å². The number of ether oxygens (including phenoxy) is 1. The molecule has 0 aromatic rings. The van der Waals surface area contributed by atoms with Gasteiger partial charge in [-0.3, -0.25) is 4.79 Å². The van der Waals surface area contributed by atoms with Gasteiger partial charge in [-0.1, -0.05) is 12.8 Å². The van der Waals surface area contributed by atoms with Crippen LogP contribution >= 0.6 is 0 Å². The van der Waals surface area contributed by atoms with E-state index < -0.39 is 6.04 Å². The maximum atomic E-state index is 11.8. The van der Waals surface area contributed by atoms with Crippen LogP contribution < -0.4 is 5.32 Å². The molecule has 1 spiro atoms. The smallest absolute Gasteiger partial charge is 0.328 e. The zero-order valence-electron chi connectivity index (χ0n) is 9.04. The third-order valence-electron chi connectivity index (χ3n) is 3.51. The Balaban J connectivity index is 2.03. The largest absolute Gasteiger partial charge is 0.464 e. The molecule has 2 rings (SSSR count). The average molecular weight is 211 g/mol. The van der Waals surface area contributed by atoms with Crippen LogP contribution in [0, 0.1) is 5.41 Å². The van der Waals surface area contributed by atoms with Crippen molar-refractivity contribution in [1.82, 2.24) is 5.32 Å². The number of hydrogen-bond acceptors (Lipinski definition) is 3. The van der Waals surface area contributed by atoms with E-state index in [2.05, 4.69) is 5.32 Å². The Labute approximate surface area is 89.4 Å². The molecule has 15 heavy (non-hydrogen) atoms. The van der Waals surface area contributed by atoms with E-state index in [0.717, 1.165) is 25.7 Å². The lowest BCUT2D eigenvalue weighted by Gasteiger charge is -2.17. The highest BCUT2D eigenvalue weighted by Crippen LogP contribution is 2.45. The minimum Gasteiger partial charge on any atom is -0.464 e. The molecule has 1 atom stereocenters. The van der Waals surface area contributed by atoms with Crippen molar-refractivity contribution in [2.75, 3.05) is 6.61 Å². The first-order chi connectivity index (χ1) is 7.18. The van der Waals surface area contributed by atoms with Crippen molar-refractivity contribution in [1.29, 1.82) is 0 Å². The molecule has 1 amide bonds. The van der Waals surface area contributed by atoms with E-state index in [1.807, 2.05) is 0 Å². The summed E-state index contributed by atoms with van der Waals surface area (Å²) >= 11 is 0. The molecule has 4 nitrogen and oxygen atoms in total. The van der Waals surface area contributed by atoms with Crippen LogP contribution in [0.5, 0.6) is 0 Å². The fourth-order valence-corrected chi connectivity index (χ4v) is 2.71. The molecule has 4 heteroatoms. The molecular formula is C11H17NO3. The Morgan fingerprint density at radius 2 is 2.20 bits per heavy atom. The van der Waals surface area contributed by atoms with Crippen molar-refractivity contribution >= 4 is 11.9 Å². The van der Waals surface area contributed by atoms with E-state index in [9.17, 15) is 9.59 Å². The molecule has 1 aliphatic carbocycles. The van der Waals surface area contributed by atoms with Gasteiger partial charge in [0.05, 0.1) is 12.0 Å². The van der Waals surface area contributed by atoms with E-state index in [0.29, 0.717) is 13.0 Å². The fraction of sp³-hybridized carbons (Fsp3) is 0.818. The molecule has 0 radical (unpaired) electrons. The topological polar surface area (TPSA) is 55.4 Å². The monoisotopic (exact) mass is 211 g/mol. The number of rotatable bonds is 2. The summed E-state index contributed by atoms with van der Waals surface area (Å²) < 4.78 is 4.92. The molecule has 0 aromatic carbocycles. The molecule has 0 unspecified atom stereocenters. The Bertz CT molecular complexity index is 282. The van der Waals surface area contributed by atoms with Crippen LogP contribution in [0.25, 0.3) is 0 Å². The van der Waals surface area contributed by atoms with Crippen LogP contribution in [-0.4, -0.2) is 24.5 Å². The van der Waals surface area contributed by atoms with E-state index in [1.165, 1.54) is 0 Å². The van der Waals surface area contributed by atoms with Gasteiger partial charge in [-0.15, -0.1) is 0 Å². The number of carbonyl (C=O) groups is 2. The van der Waals surface area contributed by atoms with Gasteiger partial charge in [0, 0.05) is 0 Å². The van der Waals surface area contributed by atoms with E-state index in [4.69, 9.17) is 4.74 Å². The quantitative estimate of drug-likeness (QED) is 0.693. The highest BCUT2D eigenvalue weighted by molar-refractivity contribution is 5.92. The Kier molecular flexibility index (Phi) is 2.67. The molecule has 1 saturated heterocycles. The average Bonchev–Trinajstić information content (AvgIpc) is 2.78. The maximum absolute atomic E-state index is 11.8. The summed E-state index contributed by atoms with van der Waals surface area (Å²) in [5.74, 6) is -0.229. The molecule has 0 aromatic heterocycles. The predicted octanol–water partition coefficient (Wildman–Crippen LogP) is 0.998. The van der Waals surface area contributed by atoms with Crippen molar-refractivity contribution in [3.8, 4) is 0 Å². The van der Waals surface area contributed by atoms with Crippen LogP contribution in [0.4, 0.5) is 0 Å². The van der Waals surface area contributed by atoms with Gasteiger partial charge < -0.3 is 10.1 Å². The molecule has 1 heterocycles. The maximum Gasteiger partial charge on any atom is 0.328 e. The van der Waals surface area contributed by atoms with Crippen molar-refractivity contribution in [3.63, 3.8) is 0 Å². The standard InChI is InChI=1S/C11H17NO3/c1-2-15-9(13)8-7-11(10(14)12-8)5-3-4-6-11/h8H,2-7H2,1H3,(H,12,14)/t8-/m0/s1. The first kappa shape index (κ1) is 10.5. The van der Waals surface area contributed by atoms with Crippen LogP contribution in [0.2, 0.25) is 0 Å². The molecule has 2 aliphatic rings. The lowest BCUT2D eigenvalue weighted by Crippen LogP contribution is -2.35. The number of esters is 1. The number of nitrogens with one attached hydrogen (secondary N) is 1. The third-order valence-corrected chi connectivity index (χ3v) is 3.51. The summed E-state index contributed by atoms with van der Waals surface area (Å²) in [4.78, 5) is 23.3. The second-order valence-electron chi connectivity index (χ2n) is 4.47. The zero-order valence-corrected chi connectivity index (χ0v) is 9.04. The molecule has 1 N–H and O–H groups in total. The molecule has 84 valence electrons. The van der Waals surface area contributed by atoms with Gasteiger partial charge in [-0.2, -0.15) is 0 Å².